The predicted octanol–water partition coefficient (Wildman–Crippen LogP) is 2.14. The topological polar surface area (TPSA) is 56.0 Å². The molecule has 0 fully saturated rings. The fourth-order valence-electron chi connectivity index (χ4n) is 0.654. The van der Waals surface area contributed by atoms with E-state index in [1.165, 1.54) is 6.20 Å². The molecule has 0 bridgehead atoms. The molecule has 1 amide bonds. The van der Waals surface area contributed by atoms with Crippen molar-refractivity contribution < 1.29 is 4.79 Å². The normalized spacial score (nSPS) is 9.92. The van der Waals surface area contributed by atoms with Crippen molar-refractivity contribution in [3.8, 4) is 0 Å². The van der Waals surface area contributed by atoms with Crippen LogP contribution in [0.25, 0.3) is 0 Å². The van der Waals surface area contributed by atoms with Gasteiger partial charge in [0.25, 0.3) is 5.91 Å². The molecule has 0 aliphatic rings. The minimum atomic E-state index is -0.750. The van der Waals surface area contributed by atoms with Crippen LogP contribution < -0.4 is 5.73 Å². The highest BCUT2D eigenvalue weighted by Crippen LogP contribution is 2.28. The third kappa shape index (κ3) is 1.63. The summed E-state index contributed by atoms with van der Waals surface area (Å²) in [4.78, 5) is 14.4. The Morgan fingerprint density at radius 3 is 2.42 bits per heavy atom. The highest BCUT2D eigenvalue weighted by molar-refractivity contribution is 6.45. The summed E-state index contributed by atoms with van der Waals surface area (Å²) in [5, 5.41) is 0.135. The number of pyridine rings is 1. The molecule has 0 saturated carbocycles. The summed E-state index contributed by atoms with van der Waals surface area (Å²) in [6.07, 6.45) is 1.25. The molecule has 1 aromatic rings. The van der Waals surface area contributed by atoms with Crippen molar-refractivity contribution in [3.05, 3.63) is 27.0 Å². The molecule has 0 aliphatic carbocycles. The SMILES string of the molecule is NC(=O)c1c(Cl)ncc(Cl)c1Cl. The van der Waals surface area contributed by atoms with Crippen LogP contribution in [0.15, 0.2) is 6.20 Å². The maximum Gasteiger partial charge on any atom is 0.253 e. The van der Waals surface area contributed by atoms with Crippen LogP contribution in [0.3, 0.4) is 0 Å². The molecule has 3 nitrogen and oxygen atoms in total. The number of hydrogen-bond donors (Lipinski definition) is 1. The first-order chi connectivity index (χ1) is 5.54. The molecule has 0 unspecified atom stereocenters. The third-order valence-electron chi connectivity index (χ3n) is 1.17. The van der Waals surface area contributed by atoms with Gasteiger partial charge >= 0.3 is 0 Å². The van der Waals surface area contributed by atoms with Crippen molar-refractivity contribution in [2.45, 2.75) is 0 Å². The Labute approximate surface area is 83.4 Å². The van der Waals surface area contributed by atoms with E-state index >= 15 is 0 Å². The first-order valence-electron chi connectivity index (χ1n) is 2.83. The number of aromatic nitrogens is 1. The summed E-state index contributed by atoms with van der Waals surface area (Å²) in [6.45, 7) is 0. The molecule has 0 aliphatic heterocycles. The molecular weight excluding hydrogens is 222 g/mol. The molecule has 12 heavy (non-hydrogen) atoms. The highest BCUT2D eigenvalue weighted by atomic mass is 35.5. The number of nitrogens with two attached hydrogens (primary N) is 1. The first kappa shape index (κ1) is 9.58. The van der Waals surface area contributed by atoms with Crippen LogP contribution in [0, 0.1) is 0 Å². The molecule has 2 N–H and O–H groups in total. The van der Waals surface area contributed by atoms with Gasteiger partial charge in [-0.3, -0.25) is 4.79 Å². The quantitative estimate of drug-likeness (QED) is 0.745. The molecule has 1 aromatic heterocycles. The second-order valence-corrected chi connectivity index (χ2v) is 3.09. The largest absolute Gasteiger partial charge is 0.365 e. The number of carbonyl (C=O) groups is 1. The van der Waals surface area contributed by atoms with Crippen molar-refractivity contribution in [1.29, 1.82) is 0 Å². The van der Waals surface area contributed by atoms with Crippen molar-refractivity contribution in [1.82, 2.24) is 4.98 Å². The fraction of sp³-hybridized carbons (Fsp3) is 0. The summed E-state index contributed by atoms with van der Waals surface area (Å²) in [6, 6.07) is 0. The number of nitrogens with zero attached hydrogens (tertiary/aromatic N) is 1. The van der Waals surface area contributed by atoms with Gasteiger partial charge in [0.2, 0.25) is 0 Å². The Morgan fingerprint density at radius 1 is 1.42 bits per heavy atom. The second kappa shape index (κ2) is 3.47. The summed E-state index contributed by atoms with van der Waals surface area (Å²) >= 11 is 16.7. The minimum absolute atomic E-state index is 0.0316. The zero-order valence-corrected chi connectivity index (χ0v) is 7.91. The Kier molecular flexibility index (Phi) is 2.77. The van der Waals surface area contributed by atoms with E-state index in [1.54, 1.807) is 0 Å². The van der Waals surface area contributed by atoms with Crippen LogP contribution >= 0.6 is 34.8 Å². The van der Waals surface area contributed by atoms with Gasteiger partial charge in [-0.25, -0.2) is 4.98 Å². The average molecular weight is 225 g/mol. The first-order valence-corrected chi connectivity index (χ1v) is 3.96. The maximum absolute atomic E-state index is 10.7. The third-order valence-corrected chi connectivity index (χ3v) is 2.24. The molecule has 0 aromatic carbocycles. The highest BCUT2D eigenvalue weighted by Gasteiger charge is 2.15. The monoisotopic (exact) mass is 224 g/mol. The lowest BCUT2D eigenvalue weighted by atomic mass is 10.3. The van der Waals surface area contributed by atoms with E-state index in [9.17, 15) is 4.79 Å². The lowest BCUT2D eigenvalue weighted by Gasteiger charge is -2.02. The minimum Gasteiger partial charge on any atom is -0.365 e. The van der Waals surface area contributed by atoms with E-state index in [2.05, 4.69) is 4.98 Å². The maximum atomic E-state index is 10.7. The zero-order valence-electron chi connectivity index (χ0n) is 5.64. The second-order valence-electron chi connectivity index (χ2n) is 1.95. The molecule has 64 valence electrons. The molecular formula is C6H3Cl3N2O. The van der Waals surface area contributed by atoms with Crippen molar-refractivity contribution in [3.63, 3.8) is 0 Å². The van der Waals surface area contributed by atoms with Gasteiger partial charge in [0.05, 0.1) is 15.6 Å². The average Bonchev–Trinajstić information content (AvgIpc) is 1.97. The molecule has 0 radical (unpaired) electrons. The van der Waals surface area contributed by atoms with Crippen LogP contribution in [0.1, 0.15) is 10.4 Å². The predicted molar refractivity (Wildman–Crippen MR) is 47.8 cm³/mol. The summed E-state index contributed by atoms with van der Waals surface area (Å²) in [7, 11) is 0. The number of rotatable bonds is 1. The van der Waals surface area contributed by atoms with Gasteiger partial charge in [-0.1, -0.05) is 34.8 Å². The molecule has 0 saturated heterocycles. The van der Waals surface area contributed by atoms with E-state index in [0.717, 1.165) is 0 Å². The number of primary amides is 1. The Morgan fingerprint density at radius 2 is 2.00 bits per heavy atom. The molecule has 0 atom stereocenters. The Balaban J connectivity index is 3.43. The van der Waals surface area contributed by atoms with Gasteiger partial charge < -0.3 is 5.73 Å². The Bertz CT molecular complexity index is 340. The van der Waals surface area contributed by atoms with Gasteiger partial charge in [0.15, 0.2) is 0 Å². The van der Waals surface area contributed by atoms with Crippen LogP contribution in [0.4, 0.5) is 0 Å². The number of halogens is 3. The molecule has 6 heteroatoms. The van der Waals surface area contributed by atoms with Gasteiger partial charge in [-0.15, -0.1) is 0 Å². The van der Waals surface area contributed by atoms with Gasteiger partial charge in [-0.05, 0) is 0 Å². The standard InChI is InChI=1S/C6H3Cl3N2O/c7-2-1-11-5(9)3(4(2)8)6(10)12/h1H,(H2,10,12). The fourth-order valence-corrected chi connectivity index (χ4v) is 1.31. The number of amides is 1. The molecule has 0 spiro atoms. The van der Waals surface area contributed by atoms with Gasteiger partial charge in [0.1, 0.15) is 5.15 Å². The van der Waals surface area contributed by atoms with Crippen LogP contribution in [-0.4, -0.2) is 10.9 Å². The lowest BCUT2D eigenvalue weighted by Crippen LogP contribution is -2.13. The summed E-state index contributed by atoms with van der Waals surface area (Å²) in [5.74, 6) is -0.750. The molecule has 1 rings (SSSR count). The van der Waals surface area contributed by atoms with Crippen molar-refractivity contribution in [2.75, 3.05) is 0 Å². The van der Waals surface area contributed by atoms with Gasteiger partial charge in [-0.2, -0.15) is 0 Å². The Hall–Kier alpha value is -0.510. The lowest BCUT2D eigenvalue weighted by molar-refractivity contribution is 0.100. The zero-order chi connectivity index (χ0) is 9.30. The smallest absolute Gasteiger partial charge is 0.253 e. The number of hydrogen-bond acceptors (Lipinski definition) is 2. The van der Waals surface area contributed by atoms with Crippen LogP contribution in [0.5, 0.6) is 0 Å². The van der Waals surface area contributed by atoms with E-state index < -0.39 is 5.91 Å². The summed E-state index contributed by atoms with van der Waals surface area (Å²) in [5.41, 5.74) is 4.93. The van der Waals surface area contributed by atoms with E-state index in [1.807, 2.05) is 0 Å². The van der Waals surface area contributed by atoms with E-state index in [-0.39, 0.29) is 20.8 Å². The van der Waals surface area contributed by atoms with E-state index in [4.69, 9.17) is 40.5 Å². The van der Waals surface area contributed by atoms with Gasteiger partial charge in [0, 0.05) is 6.20 Å². The number of carbonyl (C=O) groups excluding carboxylic acids is 1. The van der Waals surface area contributed by atoms with Crippen LogP contribution in [0.2, 0.25) is 15.2 Å². The van der Waals surface area contributed by atoms with E-state index in [0.29, 0.717) is 0 Å². The van der Waals surface area contributed by atoms with Crippen LogP contribution in [-0.2, 0) is 0 Å². The van der Waals surface area contributed by atoms with Crippen molar-refractivity contribution in [2.24, 2.45) is 5.73 Å². The van der Waals surface area contributed by atoms with Crippen molar-refractivity contribution >= 4 is 40.7 Å². The summed E-state index contributed by atoms with van der Waals surface area (Å²) < 4.78 is 0. The molecule has 1 heterocycles.